The van der Waals surface area contributed by atoms with E-state index in [1.807, 2.05) is 26.0 Å². The fourth-order valence-corrected chi connectivity index (χ4v) is 6.07. The maximum atomic E-state index is 11.7. The van der Waals surface area contributed by atoms with Gasteiger partial charge in [0.15, 0.2) is 11.5 Å². The molecule has 1 saturated carbocycles. The molecule has 1 aromatic heterocycles. The molecule has 0 amide bonds. The molecule has 7 heteroatoms. The van der Waals surface area contributed by atoms with E-state index in [1.165, 1.54) is 25.7 Å². The van der Waals surface area contributed by atoms with Crippen molar-refractivity contribution in [2.75, 3.05) is 23.3 Å². The van der Waals surface area contributed by atoms with Gasteiger partial charge in [-0.05, 0) is 62.3 Å². The largest absolute Gasteiger partial charge is 0.478 e. The Morgan fingerprint density at radius 1 is 1.11 bits per heavy atom. The van der Waals surface area contributed by atoms with Crippen molar-refractivity contribution in [3.8, 4) is 6.07 Å². The maximum absolute atomic E-state index is 11.7. The number of piperidine rings is 1. The number of aromatic carboxylic acids is 1. The topological polar surface area (TPSA) is 102 Å². The number of hydrogen-bond donors (Lipinski definition) is 2. The van der Waals surface area contributed by atoms with E-state index >= 15 is 0 Å². The van der Waals surface area contributed by atoms with Gasteiger partial charge in [0.1, 0.15) is 6.07 Å². The van der Waals surface area contributed by atoms with Gasteiger partial charge in [0, 0.05) is 24.3 Å². The van der Waals surface area contributed by atoms with E-state index in [-0.39, 0.29) is 11.6 Å². The zero-order valence-corrected chi connectivity index (χ0v) is 21.0. The molecule has 1 aliphatic carbocycles. The lowest BCUT2D eigenvalue weighted by atomic mass is 9.83. The van der Waals surface area contributed by atoms with E-state index in [1.54, 1.807) is 18.2 Å². The monoisotopic (exact) mass is 483 g/mol. The van der Waals surface area contributed by atoms with Crippen LogP contribution in [0.5, 0.6) is 0 Å². The number of nitrogens with zero attached hydrogens (tertiary/aromatic N) is 4. The molecule has 2 N–H and O–H groups in total. The third-order valence-corrected chi connectivity index (χ3v) is 7.93. The van der Waals surface area contributed by atoms with E-state index in [2.05, 4.69) is 22.4 Å². The zero-order chi connectivity index (χ0) is 25.2. The SMILES string of the molecule is Cc1cc([C@@H](C)Nc2ccccc2C(=O)O)c2nc(N3CCC(C4CCCC4)CC3)c(C#N)nc2c1. The first-order valence-electron chi connectivity index (χ1n) is 13.0. The Morgan fingerprint density at radius 3 is 2.50 bits per heavy atom. The fraction of sp³-hybridized carbons (Fsp3) is 0.448. The number of carbonyl (C=O) groups is 1. The number of fused-ring (bicyclic) bond motifs is 1. The Morgan fingerprint density at radius 2 is 1.81 bits per heavy atom. The summed E-state index contributed by atoms with van der Waals surface area (Å²) in [6.07, 6.45) is 7.74. The molecule has 2 aromatic carbocycles. The number of aryl methyl sites for hydroxylation is 1. The second kappa shape index (κ2) is 10.1. The number of para-hydroxylation sites is 1. The lowest BCUT2D eigenvalue weighted by Gasteiger charge is -2.35. The molecule has 3 aromatic rings. The van der Waals surface area contributed by atoms with Gasteiger partial charge < -0.3 is 15.3 Å². The van der Waals surface area contributed by atoms with Crippen molar-refractivity contribution >= 4 is 28.5 Å². The van der Waals surface area contributed by atoms with Gasteiger partial charge in [0.2, 0.25) is 0 Å². The quantitative estimate of drug-likeness (QED) is 0.437. The molecule has 1 saturated heterocycles. The summed E-state index contributed by atoms with van der Waals surface area (Å²) in [5.41, 5.74) is 4.54. The minimum atomic E-state index is -0.971. The van der Waals surface area contributed by atoms with Crippen LogP contribution in [0.25, 0.3) is 11.0 Å². The average Bonchev–Trinajstić information content (AvgIpc) is 3.43. The van der Waals surface area contributed by atoms with Crippen LogP contribution in [0.2, 0.25) is 0 Å². The highest BCUT2D eigenvalue weighted by atomic mass is 16.4. The van der Waals surface area contributed by atoms with Crippen LogP contribution in [-0.2, 0) is 0 Å². The van der Waals surface area contributed by atoms with Crippen LogP contribution in [0.1, 0.15) is 78.7 Å². The van der Waals surface area contributed by atoms with Gasteiger partial charge in [-0.2, -0.15) is 5.26 Å². The molecule has 7 nitrogen and oxygen atoms in total. The van der Waals surface area contributed by atoms with Gasteiger partial charge in [-0.15, -0.1) is 0 Å². The second-order valence-electron chi connectivity index (χ2n) is 10.3. The Labute approximate surface area is 212 Å². The lowest BCUT2D eigenvalue weighted by molar-refractivity contribution is 0.0698. The van der Waals surface area contributed by atoms with E-state index in [9.17, 15) is 15.2 Å². The van der Waals surface area contributed by atoms with Gasteiger partial charge in [0.25, 0.3) is 0 Å². The van der Waals surface area contributed by atoms with Crippen LogP contribution in [0.15, 0.2) is 36.4 Å². The molecule has 1 atom stereocenters. The number of nitriles is 1. The summed E-state index contributed by atoms with van der Waals surface area (Å²) in [6.45, 7) is 5.80. The fourth-order valence-electron chi connectivity index (χ4n) is 6.07. The molecule has 5 rings (SSSR count). The highest BCUT2D eigenvalue weighted by Gasteiger charge is 2.30. The van der Waals surface area contributed by atoms with Crippen molar-refractivity contribution in [3.05, 3.63) is 58.8 Å². The zero-order valence-electron chi connectivity index (χ0n) is 21.0. The molecule has 36 heavy (non-hydrogen) atoms. The van der Waals surface area contributed by atoms with Crippen molar-refractivity contribution in [2.45, 2.75) is 58.4 Å². The number of rotatable bonds is 6. The number of carboxylic acids is 1. The summed E-state index contributed by atoms with van der Waals surface area (Å²) in [4.78, 5) is 23.7. The minimum absolute atomic E-state index is 0.212. The third kappa shape index (κ3) is 4.73. The van der Waals surface area contributed by atoms with Gasteiger partial charge in [-0.3, -0.25) is 0 Å². The average molecular weight is 484 g/mol. The van der Waals surface area contributed by atoms with Crippen LogP contribution in [0.3, 0.4) is 0 Å². The Kier molecular flexibility index (Phi) is 6.77. The van der Waals surface area contributed by atoms with Crippen LogP contribution in [0.4, 0.5) is 11.5 Å². The van der Waals surface area contributed by atoms with E-state index in [0.29, 0.717) is 22.7 Å². The Balaban J connectivity index is 1.47. The summed E-state index contributed by atoms with van der Waals surface area (Å²) in [6, 6.07) is 13.0. The molecule has 2 fully saturated rings. The predicted molar refractivity (Wildman–Crippen MR) is 141 cm³/mol. The Hall–Kier alpha value is -3.66. The van der Waals surface area contributed by atoms with Crippen molar-refractivity contribution in [1.82, 2.24) is 9.97 Å². The summed E-state index contributed by atoms with van der Waals surface area (Å²) in [5.74, 6) is 1.33. The van der Waals surface area contributed by atoms with E-state index in [0.717, 1.165) is 54.4 Å². The van der Waals surface area contributed by atoms with Crippen molar-refractivity contribution in [2.24, 2.45) is 11.8 Å². The van der Waals surface area contributed by atoms with Gasteiger partial charge in [-0.1, -0.05) is 43.9 Å². The maximum Gasteiger partial charge on any atom is 0.337 e. The smallest absolute Gasteiger partial charge is 0.337 e. The summed E-state index contributed by atoms with van der Waals surface area (Å²) in [7, 11) is 0. The molecule has 186 valence electrons. The predicted octanol–water partition coefficient (Wildman–Crippen LogP) is 6.09. The van der Waals surface area contributed by atoms with Crippen molar-refractivity contribution < 1.29 is 9.90 Å². The summed E-state index contributed by atoms with van der Waals surface area (Å²) in [5, 5.41) is 22.9. The van der Waals surface area contributed by atoms with Gasteiger partial charge in [0.05, 0.1) is 22.6 Å². The molecule has 0 radical (unpaired) electrons. The number of anilines is 2. The molecule has 0 unspecified atom stereocenters. The van der Waals surface area contributed by atoms with Crippen LogP contribution >= 0.6 is 0 Å². The number of benzene rings is 2. The minimum Gasteiger partial charge on any atom is -0.478 e. The number of aromatic nitrogens is 2. The second-order valence-corrected chi connectivity index (χ2v) is 10.3. The first-order valence-corrected chi connectivity index (χ1v) is 13.0. The molecule has 2 aliphatic rings. The molecule has 0 spiro atoms. The van der Waals surface area contributed by atoms with E-state index in [4.69, 9.17) is 9.97 Å². The van der Waals surface area contributed by atoms with E-state index < -0.39 is 5.97 Å². The standard InChI is InChI=1S/C29H33N5O2/c1-18-15-23(19(2)31-24-10-6-5-9-22(24)29(35)36)27-25(16-18)32-26(17-30)28(33-27)34-13-11-21(12-14-34)20-7-3-4-8-20/h5-6,9-10,15-16,19-21,31H,3-4,7-8,11-14H2,1-2H3,(H,35,36)/t19-/m1/s1. The Bertz CT molecular complexity index is 1320. The first-order chi connectivity index (χ1) is 17.4. The van der Waals surface area contributed by atoms with Crippen LogP contribution < -0.4 is 10.2 Å². The number of hydrogen-bond acceptors (Lipinski definition) is 6. The molecule has 1 aliphatic heterocycles. The molecule has 2 heterocycles. The first kappa shape index (κ1) is 24.1. The summed E-state index contributed by atoms with van der Waals surface area (Å²) >= 11 is 0. The summed E-state index contributed by atoms with van der Waals surface area (Å²) < 4.78 is 0. The molecular weight excluding hydrogens is 450 g/mol. The lowest BCUT2D eigenvalue weighted by Crippen LogP contribution is -2.37. The van der Waals surface area contributed by atoms with Gasteiger partial charge in [-0.25, -0.2) is 14.8 Å². The third-order valence-electron chi connectivity index (χ3n) is 7.93. The van der Waals surface area contributed by atoms with Gasteiger partial charge >= 0.3 is 5.97 Å². The van der Waals surface area contributed by atoms with Crippen LogP contribution in [-0.4, -0.2) is 34.1 Å². The molecular formula is C29H33N5O2. The normalized spacial score (nSPS) is 17.8. The number of nitrogens with one attached hydrogen (secondary N) is 1. The molecule has 0 bridgehead atoms. The highest BCUT2D eigenvalue weighted by molar-refractivity contribution is 5.94. The van der Waals surface area contributed by atoms with Crippen molar-refractivity contribution in [1.29, 1.82) is 5.26 Å². The van der Waals surface area contributed by atoms with Crippen molar-refractivity contribution in [3.63, 3.8) is 0 Å². The van der Waals surface area contributed by atoms with Crippen LogP contribution in [0, 0.1) is 30.1 Å². The number of carboxylic acid groups (broad SMARTS) is 1. The highest BCUT2D eigenvalue weighted by Crippen LogP contribution is 2.38.